The maximum Gasteiger partial charge on any atom is 0.184 e. The van der Waals surface area contributed by atoms with Gasteiger partial charge in [-0.15, -0.1) is 22.9 Å². The highest BCUT2D eigenvalue weighted by Gasteiger charge is 2.20. The van der Waals surface area contributed by atoms with E-state index >= 15 is 0 Å². The molecule has 0 aliphatic heterocycles. The molecule has 0 saturated heterocycles. The van der Waals surface area contributed by atoms with Gasteiger partial charge in [0, 0.05) is 4.88 Å². The van der Waals surface area contributed by atoms with E-state index in [1.165, 1.54) is 17.4 Å². The molecule has 1 atom stereocenters. The summed E-state index contributed by atoms with van der Waals surface area (Å²) in [6.45, 7) is 2.16. The maximum atomic E-state index is 14.2. The number of imidazole rings is 1. The van der Waals surface area contributed by atoms with Crippen molar-refractivity contribution in [2.24, 2.45) is 0 Å². The molecule has 1 unspecified atom stereocenters. The van der Waals surface area contributed by atoms with E-state index in [0.717, 1.165) is 14.7 Å². The zero-order valence-electron chi connectivity index (χ0n) is 10.9. The van der Waals surface area contributed by atoms with Crippen molar-refractivity contribution in [1.29, 1.82) is 0 Å². The van der Waals surface area contributed by atoms with Crippen molar-refractivity contribution < 1.29 is 8.78 Å². The van der Waals surface area contributed by atoms with Crippen LogP contribution in [0.1, 0.15) is 23.0 Å². The summed E-state index contributed by atoms with van der Waals surface area (Å²) in [4.78, 5) is 5.34. The Labute approximate surface area is 137 Å². The first-order valence-electron chi connectivity index (χ1n) is 6.20. The Balaban J connectivity index is 2.22. The molecular weight excluding hydrogens is 382 g/mol. The fourth-order valence-electron chi connectivity index (χ4n) is 2.23. The molecule has 0 fully saturated rings. The minimum atomic E-state index is -0.890. The van der Waals surface area contributed by atoms with Gasteiger partial charge in [-0.2, -0.15) is 0 Å². The largest absolute Gasteiger partial charge is 0.319 e. The zero-order chi connectivity index (χ0) is 15.1. The molecule has 3 aromatic rings. The lowest BCUT2D eigenvalue weighted by atomic mass is 10.3. The van der Waals surface area contributed by atoms with Gasteiger partial charge >= 0.3 is 0 Å². The van der Waals surface area contributed by atoms with Crippen molar-refractivity contribution >= 4 is 49.9 Å². The number of rotatable bonds is 3. The minimum absolute atomic E-state index is 0.155. The van der Waals surface area contributed by atoms with E-state index in [0.29, 0.717) is 17.9 Å². The summed E-state index contributed by atoms with van der Waals surface area (Å²) in [6, 6.07) is 6.40. The van der Waals surface area contributed by atoms with Gasteiger partial charge in [0.25, 0.3) is 0 Å². The number of fused-ring (bicyclic) bond motifs is 1. The monoisotopic (exact) mass is 390 g/mol. The highest BCUT2D eigenvalue weighted by Crippen LogP contribution is 2.30. The van der Waals surface area contributed by atoms with Crippen LogP contribution in [0.15, 0.2) is 28.1 Å². The van der Waals surface area contributed by atoms with Crippen LogP contribution in [0.2, 0.25) is 0 Å². The fraction of sp³-hybridized carbons (Fsp3) is 0.214. The summed E-state index contributed by atoms with van der Waals surface area (Å²) in [6.07, 6.45) is 0. The lowest BCUT2D eigenvalue weighted by Crippen LogP contribution is -2.06. The van der Waals surface area contributed by atoms with E-state index < -0.39 is 17.0 Å². The zero-order valence-corrected chi connectivity index (χ0v) is 14.1. The molecule has 7 heteroatoms. The molecule has 0 aliphatic carbocycles. The highest BCUT2D eigenvalue weighted by molar-refractivity contribution is 9.11. The second-order valence-corrected chi connectivity index (χ2v) is 7.81. The third-order valence-electron chi connectivity index (χ3n) is 3.13. The van der Waals surface area contributed by atoms with Crippen molar-refractivity contribution in [1.82, 2.24) is 9.55 Å². The van der Waals surface area contributed by atoms with Crippen molar-refractivity contribution in [2.75, 3.05) is 0 Å². The van der Waals surface area contributed by atoms with Crippen molar-refractivity contribution in [3.8, 4) is 0 Å². The van der Waals surface area contributed by atoms with Crippen LogP contribution in [-0.4, -0.2) is 9.55 Å². The predicted octanol–water partition coefficient (Wildman–Crippen LogP) is 5.49. The van der Waals surface area contributed by atoms with Gasteiger partial charge in [-0.3, -0.25) is 0 Å². The Morgan fingerprint density at radius 2 is 2.10 bits per heavy atom. The van der Waals surface area contributed by atoms with E-state index in [9.17, 15) is 8.78 Å². The number of halogens is 4. The average molecular weight is 392 g/mol. The molecule has 3 rings (SSSR count). The van der Waals surface area contributed by atoms with Gasteiger partial charge in [0.15, 0.2) is 11.6 Å². The molecule has 0 radical (unpaired) electrons. The van der Waals surface area contributed by atoms with Gasteiger partial charge in [-0.1, -0.05) is 0 Å². The number of thiophene rings is 1. The molecule has 21 heavy (non-hydrogen) atoms. The molecule has 2 nitrogen and oxygen atoms in total. The highest BCUT2D eigenvalue weighted by atomic mass is 79.9. The van der Waals surface area contributed by atoms with E-state index in [1.807, 2.05) is 12.1 Å². The SMILES string of the molecule is CC(Cl)c1nc2ccc(F)c(F)c2n1Cc1ccc(Br)s1. The van der Waals surface area contributed by atoms with Crippen LogP contribution >= 0.6 is 38.9 Å². The Bertz CT molecular complexity index is 813. The molecule has 2 heterocycles. The van der Waals surface area contributed by atoms with Crippen LogP contribution < -0.4 is 0 Å². The molecule has 0 saturated carbocycles. The standard InChI is InChI=1S/C14H10BrClF2N2S/c1-7(16)14-19-10-4-3-9(17)12(18)13(10)20(14)6-8-2-5-11(15)21-8/h2-5,7H,6H2,1H3. The molecule has 2 aromatic heterocycles. The van der Waals surface area contributed by atoms with Gasteiger partial charge in [0.1, 0.15) is 11.3 Å². The van der Waals surface area contributed by atoms with Gasteiger partial charge in [-0.25, -0.2) is 13.8 Å². The number of hydrogen-bond acceptors (Lipinski definition) is 2. The quantitative estimate of drug-likeness (QED) is 0.540. The Kier molecular flexibility index (Phi) is 4.03. The fourth-order valence-corrected chi connectivity index (χ4v) is 3.87. The third kappa shape index (κ3) is 2.72. The smallest absolute Gasteiger partial charge is 0.184 e. The van der Waals surface area contributed by atoms with E-state index in [-0.39, 0.29) is 5.52 Å². The van der Waals surface area contributed by atoms with E-state index in [1.54, 1.807) is 11.5 Å². The lowest BCUT2D eigenvalue weighted by Gasteiger charge is -2.09. The summed E-state index contributed by atoms with van der Waals surface area (Å²) in [7, 11) is 0. The van der Waals surface area contributed by atoms with Gasteiger partial charge in [0.05, 0.1) is 21.2 Å². The van der Waals surface area contributed by atoms with Gasteiger partial charge in [-0.05, 0) is 47.1 Å². The van der Waals surface area contributed by atoms with Crippen molar-refractivity contribution in [3.05, 3.63) is 50.4 Å². The first kappa shape index (κ1) is 14.9. The number of nitrogens with zero attached hydrogens (tertiary/aromatic N) is 2. The van der Waals surface area contributed by atoms with Crippen LogP contribution in [0.5, 0.6) is 0 Å². The van der Waals surface area contributed by atoms with Crippen LogP contribution in [-0.2, 0) is 6.54 Å². The summed E-state index contributed by atoms with van der Waals surface area (Å²) < 4.78 is 30.3. The predicted molar refractivity (Wildman–Crippen MR) is 85.0 cm³/mol. The van der Waals surface area contributed by atoms with Crippen molar-refractivity contribution in [3.63, 3.8) is 0 Å². The summed E-state index contributed by atoms with van der Waals surface area (Å²) >= 11 is 11.1. The van der Waals surface area contributed by atoms with Crippen molar-refractivity contribution in [2.45, 2.75) is 18.8 Å². The third-order valence-corrected chi connectivity index (χ3v) is 4.93. The van der Waals surface area contributed by atoms with E-state index in [4.69, 9.17) is 11.6 Å². The molecule has 1 aromatic carbocycles. The van der Waals surface area contributed by atoms with Crippen LogP contribution in [0.3, 0.4) is 0 Å². The number of hydrogen-bond donors (Lipinski definition) is 0. The average Bonchev–Trinajstić information content (AvgIpc) is 2.99. The molecule has 110 valence electrons. The Morgan fingerprint density at radius 1 is 1.33 bits per heavy atom. The van der Waals surface area contributed by atoms with Crippen LogP contribution in [0.4, 0.5) is 8.78 Å². The molecular formula is C14H10BrClF2N2S. The van der Waals surface area contributed by atoms with Crippen LogP contribution in [0, 0.1) is 11.6 Å². The maximum absolute atomic E-state index is 14.2. The first-order valence-corrected chi connectivity index (χ1v) is 8.24. The number of aromatic nitrogens is 2. The minimum Gasteiger partial charge on any atom is -0.319 e. The molecule has 0 spiro atoms. The second-order valence-electron chi connectivity index (χ2n) is 4.61. The lowest BCUT2D eigenvalue weighted by molar-refractivity contribution is 0.512. The van der Waals surface area contributed by atoms with Gasteiger partial charge < -0.3 is 4.57 Å². The topological polar surface area (TPSA) is 17.8 Å². The van der Waals surface area contributed by atoms with Gasteiger partial charge in [0.2, 0.25) is 0 Å². The number of alkyl halides is 1. The van der Waals surface area contributed by atoms with E-state index in [2.05, 4.69) is 20.9 Å². The summed E-state index contributed by atoms with van der Waals surface area (Å²) in [5.41, 5.74) is 0.564. The molecule has 0 aliphatic rings. The Morgan fingerprint density at radius 3 is 2.71 bits per heavy atom. The molecule has 0 N–H and O–H groups in total. The number of benzene rings is 1. The van der Waals surface area contributed by atoms with Crippen LogP contribution in [0.25, 0.3) is 11.0 Å². The molecule has 0 bridgehead atoms. The summed E-state index contributed by atoms with van der Waals surface area (Å²) in [5.74, 6) is -1.25. The normalized spacial score (nSPS) is 13.0. The second kappa shape index (κ2) is 5.66. The Hall–Kier alpha value is -0.980. The molecule has 0 amide bonds. The summed E-state index contributed by atoms with van der Waals surface area (Å²) in [5, 5.41) is -0.400. The first-order chi connectivity index (χ1) is 9.97.